The fourth-order valence-corrected chi connectivity index (χ4v) is 4.86. The molecule has 4 rings (SSSR count). The molecule has 0 amide bonds. The molecule has 1 aromatic carbocycles. The third-order valence-corrected chi connectivity index (χ3v) is 6.26. The average molecular weight is 440 g/mol. The summed E-state index contributed by atoms with van der Waals surface area (Å²) < 4.78 is 44.2. The summed E-state index contributed by atoms with van der Waals surface area (Å²) in [4.78, 5) is 10.8. The maximum Gasteiger partial charge on any atom is 0.401 e. The van der Waals surface area contributed by atoms with Crippen molar-refractivity contribution in [2.24, 2.45) is 4.99 Å². The summed E-state index contributed by atoms with van der Waals surface area (Å²) in [6.07, 6.45) is -3.35. The van der Waals surface area contributed by atoms with Crippen molar-refractivity contribution >= 4 is 5.96 Å². The summed E-state index contributed by atoms with van der Waals surface area (Å²) in [7, 11) is 0. The number of likely N-dealkylation sites (tertiary alicyclic amines) is 2. The topological polar surface area (TPSA) is 43.3 Å². The number of hydrogen-bond donors (Lipinski definition) is 1. The summed E-state index contributed by atoms with van der Waals surface area (Å²) in [5.41, 5.74) is 1.29. The molecule has 0 aliphatic carbocycles. The Bertz CT molecular complexity index is 744. The summed E-state index contributed by atoms with van der Waals surface area (Å²) in [5, 5.41) is 3.44. The van der Waals surface area contributed by atoms with Crippen molar-refractivity contribution in [2.75, 3.05) is 52.4 Å². The minimum absolute atomic E-state index is 0.0170. The van der Waals surface area contributed by atoms with E-state index in [2.05, 4.69) is 44.4 Å². The van der Waals surface area contributed by atoms with Crippen LogP contribution in [0.1, 0.15) is 18.9 Å². The van der Waals surface area contributed by atoms with E-state index in [0.29, 0.717) is 32.7 Å². The van der Waals surface area contributed by atoms with Crippen LogP contribution in [-0.2, 0) is 11.3 Å². The van der Waals surface area contributed by atoms with E-state index in [-0.39, 0.29) is 18.2 Å². The van der Waals surface area contributed by atoms with Crippen LogP contribution in [0.5, 0.6) is 0 Å². The summed E-state index contributed by atoms with van der Waals surface area (Å²) >= 11 is 0. The molecule has 1 N–H and O–H groups in total. The molecule has 0 saturated carbocycles. The lowest BCUT2D eigenvalue weighted by molar-refractivity contribution is -0.143. The molecule has 31 heavy (non-hydrogen) atoms. The third kappa shape index (κ3) is 5.90. The number of benzene rings is 1. The molecule has 3 heterocycles. The Balaban J connectivity index is 1.37. The summed E-state index contributed by atoms with van der Waals surface area (Å²) in [5.74, 6) is 0.791. The second-order valence-corrected chi connectivity index (χ2v) is 8.62. The van der Waals surface area contributed by atoms with Gasteiger partial charge in [-0.15, -0.1) is 0 Å². The fourth-order valence-electron chi connectivity index (χ4n) is 4.86. The number of fused-ring (bicyclic) bond motifs is 1. The van der Waals surface area contributed by atoms with E-state index in [9.17, 15) is 13.2 Å². The van der Waals surface area contributed by atoms with Crippen LogP contribution in [0, 0.1) is 0 Å². The van der Waals surface area contributed by atoms with Crippen LogP contribution in [0.4, 0.5) is 13.2 Å². The van der Waals surface area contributed by atoms with Crippen molar-refractivity contribution < 1.29 is 17.9 Å². The monoisotopic (exact) mass is 439 g/mol. The van der Waals surface area contributed by atoms with Gasteiger partial charge < -0.3 is 15.0 Å². The van der Waals surface area contributed by atoms with Crippen LogP contribution in [-0.4, -0.2) is 97.4 Å². The van der Waals surface area contributed by atoms with Gasteiger partial charge in [-0.2, -0.15) is 13.2 Å². The number of ether oxygens (including phenoxy) is 1. The molecule has 0 bridgehead atoms. The zero-order valence-corrected chi connectivity index (χ0v) is 18.0. The number of nitrogens with zero attached hydrogens (tertiary/aromatic N) is 4. The first-order valence-corrected chi connectivity index (χ1v) is 11.2. The zero-order valence-electron chi connectivity index (χ0n) is 18.0. The molecule has 9 heteroatoms. The molecule has 6 nitrogen and oxygen atoms in total. The van der Waals surface area contributed by atoms with Gasteiger partial charge in [-0.05, 0) is 18.9 Å². The molecule has 0 aromatic heterocycles. The van der Waals surface area contributed by atoms with E-state index in [4.69, 9.17) is 4.74 Å². The van der Waals surface area contributed by atoms with Crippen molar-refractivity contribution in [3.05, 3.63) is 35.9 Å². The Morgan fingerprint density at radius 1 is 1.16 bits per heavy atom. The number of morpholine rings is 1. The molecule has 172 valence electrons. The lowest BCUT2D eigenvalue weighted by Crippen LogP contribution is -2.50. The highest BCUT2D eigenvalue weighted by Gasteiger charge is 2.42. The van der Waals surface area contributed by atoms with Crippen molar-refractivity contribution in [3.8, 4) is 0 Å². The van der Waals surface area contributed by atoms with Gasteiger partial charge in [0.1, 0.15) is 0 Å². The van der Waals surface area contributed by atoms with E-state index in [1.54, 1.807) is 0 Å². The van der Waals surface area contributed by atoms with E-state index < -0.39 is 12.7 Å². The van der Waals surface area contributed by atoms with Gasteiger partial charge >= 0.3 is 6.18 Å². The van der Waals surface area contributed by atoms with Crippen LogP contribution in [0.25, 0.3) is 0 Å². The van der Waals surface area contributed by atoms with Gasteiger partial charge in [-0.1, -0.05) is 30.3 Å². The highest BCUT2D eigenvalue weighted by atomic mass is 19.4. The Morgan fingerprint density at radius 2 is 1.97 bits per heavy atom. The van der Waals surface area contributed by atoms with Gasteiger partial charge in [-0.3, -0.25) is 14.8 Å². The van der Waals surface area contributed by atoms with Crippen molar-refractivity contribution in [3.63, 3.8) is 0 Å². The van der Waals surface area contributed by atoms with Gasteiger partial charge in [0.2, 0.25) is 0 Å². The standard InChI is InChI=1S/C22H32F3N5O/c1-2-26-21(27-18-8-9-28(13-18)16-22(23,24)25)30-14-19-20(15-30)31-11-10-29(19)12-17-6-4-3-5-7-17/h3-7,18-20H,2,8-16H2,1H3,(H,26,27). The molecule has 3 fully saturated rings. The average Bonchev–Trinajstić information content (AvgIpc) is 3.34. The number of aliphatic imine (C=N–C) groups is 1. The van der Waals surface area contributed by atoms with E-state index in [0.717, 1.165) is 32.1 Å². The second-order valence-electron chi connectivity index (χ2n) is 8.62. The first-order valence-electron chi connectivity index (χ1n) is 11.2. The lowest BCUT2D eigenvalue weighted by Gasteiger charge is -2.36. The van der Waals surface area contributed by atoms with E-state index in [1.807, 2.05) is 13.0 Å². The predicted octanol–water partition coefficient (Wildman–Crippen LogP) is 2.17. The van der Waals surface area contributed by atoms with Gasteiger partial charge in [0.25, 0.3) is 0 Å². The maximum atomic E-state index is 12.7. The molecule has 0 radical (unpaired) electrons. The normalized spacial score (nSPS) is 28.2. The molecule has 3 saturated heterocycles. The van der Waals surface area contributed by atoms with Gasteiger partial charge in [-0.25, -0.2) is 0 Å². The molecular formula is C22H32F3N5O. The highest BCUT2D eigenvalue weighted by molar-refractivity contribution is 5.81. The summed E-state index contributed by atoms with van der Waals surface area (Å²) in [6, 6.07) is 10.7. The summed E-state index contributed by atoms with van der Waals surface area (Å²) in [6.45, 7) is 6.66. The SMILES string of the molecule is CCN=C(NC1CCN(CC(F)(F)F)C1)N1CC2OCCN(Cc3ccccc3)C2C1. The zero-order chi connectivity index (χ0) is 21.8. The van der Waals surface area contributed by atoms with E-state index in [1.165, 1.54) is 10.5 Å². The number of hydrogen-bond acceptors (Lipinski definition) is 4. The third-order valence-electron chi connectivity index (χ3n) is 6.26. The number of halogens is 3. The van der Waals surface area contributed by atoms with Crippen LogP contribution in [0.3, 0.4) is 0 Å². The fraction of sp³-hybridized carbons (Fsp3) is 0.682. The van der Waals surface area contributed by atoms with Crippen molar-refractivity contribution in [1.29, 1.82) is 0 Å². The Morgan fingerprint density at radius 3 is 2.71 bits per heavy atom. The molecule has 1 aromatic rings. The second kappa shape index (κ2) is 9.75. The minimum atomic E-state index is -4.15. The number of nitrogens with one attached hydrogen (secondary N) is 1. The molecule has 3 atom stereocenters. The number of alkyl halides is 3. The number of rotatable bonds is 5. The molecule has 3 aliphatic heterocycles. The highest BCUT2D eigenvalue weighted by Crippen LogP contribution is 2.25. The predicted molar refractivity (Wildman–Crippen MR) is 114 cm³/mol. The van der Waals surface area contributed by atoms with Crippen molar-refractivity contribution in [1.82, 2.24) is 20.0 Å². The Hall–Kier alpha value is -1.84. The van der Waals surface area contributed by atoms with Gasteiger partial charge in [0.15, 0.2) is 5.96 Å². The Kier molecular flexibility index (Phi) is 7.03. The maximum absolute atomic E-state index is 12.7. The first kappa shape index (κ1) is 22.4. The lowest BCUT2D eigenvalue weighted by atomic mass is 10.1. The van der Waals surface area contributed by atoms with Gasteiger partial charge in [0.05, 0.1) is 25.3 Å². The molecule has 0 spiro atoms. The van der Waals surface area contributed by atoms with Crippen LogP contribution < -0.4 is 5.32 Å². The van der Waals surface area contributed by atoms with Crippen LogP contribution in [0.2, 0.25) is 0 Å². The minimum Gasteiger partial charge on any atom is -0.373 e. The number of guanidine groups is 1. The Labute approximate surface area is 182 Å². The first-order chi connectivity index (χ1) is 14.9. The quantitative estimate of drug-likeness (QED) is 0.563. The van der Waals surface area contributed by atoms with Crippen LogP contribution >= 0.6 is 0 Å². The smallest absolute Gasteiger partial charge is 0.373 e. The molecule has 3 unspecified atom stereocenters. The van der Waals surface area contributed by atoms with Crippen LogP contribution in [0.15, 0.2) is 35.3 Å². The van der Waals surface area contributed by atoms with Gasteiger partial charge in [0, 0.05) is 51.9 Å². The van der Waals surface area contributed by atoms with Crippen molar-refractivity contribution in [2.45, 2.75) is 44.3 Å². The molecular weight excluding hydrogens is 407 g/mol. The molecule has 3 aliphatic rings. The largest absolute Gasteiger partial charge is 0.401 e. The van der Waals surface area contributed by atoms with E-state index >= 15 is 0 Å².